The van der Waals surface area contributed by atoms with Gasteiger partial charge in [-0.15, -0.1) is 6.58 Å². The molecule has 7 nitrogen and oxygen atoms in total. The van der Waals surface area contributed by atoms with Gasteiger partial charge in [0.15, 0.2) is 0 Å². The van der Waals surface area contributed by atoms with Crippen LogP contribution in [0, 0.1) is 10.1 Å². The number of hydrogen-bond acceptors (Lipinski definition) is 5. The molecular weight excluding hydrogens is 368 g/mol. The maximum absolute atomic E-state index is 13.0. The first-order valence-electron chi connectivity index (χ1n) is 7.03. The molecule has 2 rings (SSSR count). The van der Waals surface area contributed by atoms with Gasteiger partial charge in [-0.2, -0.15) is 0 Å². The molecule has 0 aliphatic heterocycles. The zero-order valence-corrected chi connectivity index (χ0v) is 14.8. The summed E-state index contributed by atoms with van der Waals surface area (Å²) < 4.78 is 32.3. The molecule has 0 spiro atoms. The van der Waals surface area contributed by atoms with E-state index in [0.717, 1.165) is 10.4 Å². The third-order valence-electron chi connectivity index (χ3n) is 3.32. The number of nitrogens with zero attached hydrogens (tertiary/aromatic N) is 2. The van der Waals surface area contributed by atoms with Crippen LogP contribution in [0.3, 0.4) is 0 Å². The van der Waals surface area contributed by atoms with Crippen molar-refractivity contribution in [3.8, 4) is 5.75 Å². The second-order valence-electron chi connectivity index (χ2n) is 4.90. The highest BCUT2D eigenvalue weighted by Gasteiger charge is 2.28. The SMILES string of the molecule is C=CCN(c1cc(Cl)ccc1OC)S(=O)(=O)c1cccc([N+](=O)[O-])c1. The van der Waals surface area contributed by atoms with Crippen LogP contribution in [-0.4, -0.2) is 27.0 Å². The molecule has 2 aromatic rings. The number of sulfonamides is 1. The molecule has 0 radical (unpaired) electrons. The van der Waals surface area contributed by atoms with Crippen LogP contribution in [0.5, 0.6) is 5.75 Å². The number of rotatable bonds is 7. The third kappa shape index (κ3) is 3.92. The van der Waals surface area contributed by atoms with Crippen LogP contribution < -0.4 is 9.04 Å². The van der Waals surface area contributed by atoms with Crippen LogP contribution >= 0.6 is 11.6 Å². The maximum Gasteiger partial charge on any atom is 0.270 e. The van der Waals surface area contributed by atoms with Gasteiger partial charge in [0.1, 0.15) is 5.75 Å². The second kappa shape index (κ2) is 7.54. The Labute approximate surface area is 150 Å². The number of methoxy groups -OCH3 is 1. The van der Waals surface area contributed by atoms with Gasteiger partial charge in [0.25, 0.3) is 15.7 Å². The Morgan fingerprint density at radius 1 is 1.32 bits per heavy atom. The summed E-state index contributed by atoms with van der Waals surface area (Å²) in [6, 6.07) is 9.37. The van der Waals surface area contributed by atoms with E-state index in [1.807, 2.05) is 0 Å². The van der Waals surface area contributed by atoms with Gasteiger partial charge in [-0.05, 0) is 24.3 Å². The number of benzene rings is 2. The van der Waals surface area contributed by atoms with E-state index in [1.165, 1.54) is 43.5 Å². The average Bonchev–Trinajstić information content (AvgIpc) is 2.59. The number of nitro groups is 1. The molecule has 0 amide bonds. The summed E-state index contributed by atoms with van der Waals surface area (Å²) in [4.78, 5) is 10.1. The fourth-order valence-corrected chi connectivity index (χ4v) is 3.83. The molecule has 0 aromatic heterocycles. The van der Waals surface area contributed by atoms with E-state index in [0.29, 0.717) is 10.8 Å². The van der Waals surface area contributed by atoms with Gasteiger partial charge in [0.2, 0.25) is 0 Å². The van der Waals surface area contributed by atoms with Gasteiger partial charge in [0, 0.05) is 17.2 Å². The quantitative estimate of drug-likeness (QED) is 0.414. The summed E-state index contributed by atoms with van der Waals surface area (Å²) in [5.41, 5.74) is -0.112. The molecule has 0 saturated carbocycles. The minimum absolute atomic E-state index is 0.0677. The number of hydrogen-bond donors (Lipinski definition) is 0. The van der Waals surface area contributed by atoms with E-state index in [-0.39, 0.29) is 22.8 Å². The monoisotopic (exact) mass is 382 g/mol. The fraction of sp³-hybridized carbons (Fsp3) is 0.125. The molecule has 0 aliphatic rings. The molecular formula is C16H15ClN2O5S. The summed E-state index contributed by atoms with van der Waals surface area (Å²) >= 11 is 5.99. The zero-order chi connectivity index (χ0) is 18.6. The summed E-state index contributed by atoms with van der Waals surface area (Å²) in [6.45, 7) is 3.50. The maximum atomic E-state index is 13.0. The highest BCUT2D eigenvalue weighted by Crippen LogP contribution is 2.35. The first-order valence-corrected chi connectivity index (χ1v) is 8.84. The number of non-ortho nitro benzene ring substituents is 1. The Balaban J connectivity index is 2.64. The van der Waals surface area contributed by atoms with E-state index in [2.05, 4.69) is 6.58 Å². The summed E-state index contributed by atoms with van der Waals surface area (Å²) in [5, 5.41) is 11.3. The number of nitro benzene ring substituents is 1. The van der Waals surface area contributed by atoms with Crippen molar-refractivity contribution in [2.45, 2.75) is 4.90 Å². The summed E-state index contributed by atoms with van der Waals surface area (Å²) in [6.07, 6.45) is 1.40. The number of anilines is 1. The highest BCUT2D eigenvalue weighted by atomic mass is 35.5. The van der Waals surface area contributed by atoms with Crippen molar-refractivity contribution in [2.75, 3.05) is 18.0 Å². The van der Waals surface area contributed by atoms with Crippen molar-refractivity contribution in [1.29, 1.82) is 0 Å². The smallest absolute Gasteiger partial charge is 0.270 e. The first kappa shape index (κ1) is 18.8. The first-order chi connectivity index (χ1) is 11.8. The van der Waals surface area contributed by atoms with Crippen molar-refractivity contribution < 1.29 is 18.1 Å². The predicted molar refractivity (Wildman–Crippen MR) is 95.8 cm³/mol. The van der Waals surface area contributed by atoms with Crippen LogP contribution in [0.2, 0.25) is 5.02 Å². The number of ether oxygens (including phenoxy) is 1. The van der Waals surface area contributed by atoms with Crippen LogP contribution in [0.1, 0.15) is 0 Å². The van der Waals surface area contributed by atoms with Gasteiger partial charge >= 0.3 is 0 Å². The van der Waals surface area contributed by atoms with Crippen molar-refractivity contribution in [3.63, 3.8) is 0 Å². The molecule has 2 aromatic carbocycles. The lowest BCUT2D eigenvalue weighted by atomic mass is 10.3. The van der Waals surface area contributed by atoms with Gasteiger partial charge in [-0.1, -0.05) is 23.7 Å². The molecule has 0 N–H and O–H groups in total. The molecule has 0 aliphatic carbocycles. The number of halogens is 1. The van der Waals surface area contributed by atoms with Crippen LogP contribution in [0.15, 0.2) is 60.0 Å². The Kier molecular flexibility index (Phi) is 5.66. The molecule has 0 bridgehead atoms. The van der Waals surface area contributed by atoms with E-state index < -0.39 is 14.9 Å². The van der Waals surface area contributed by atoms with E-state index >= 15 is 0 Å². The molecule has 0 saturated heterocycles. The fourth-order valence-electron chi connectivity index (χ4n) is 2.19. The van der Waals surface area contributed by atoms with Gasteiger partial charge in [0.05, 0.1) is 29.2 Å². The zero-order valence-electron chi connectivity index (χ0n) is 13.3. The molecule has 0 heterocycles. The Bertz CT molecular complexity index is 914. The second-order valence-corrected chi connectivity index (χ2v) is 7.19. The summed E-state index contributed by atoms with van der Waals surface area (Å²) in [7, 11) is -2.70. The van der Waals surface area contributed by atoms with Crippen molar-refractivity contribution in [3.05, 3.63) is 70.3 Å². The molecule has 0 unspecified atom stereocenters. The largest absolute Gasteiger partial charge is 0.495 e. The van der Waals surface area contributed by atoms with Gasteiger partial charge in [-0.25, -0.2) is 8.42 Å². The normalized spacial score (nSPS) is 11.0. The molecule has 0 fully saturated rings. The molecule has 9 heteroatoms. The third-order valence-corrected chi connectivity index (χ3v) is 5.33. The van der Waals surface area contributed by atoms with Crippen molar-refractivity contribution >= 4 is 33.0 Å². The van der Waals surface area contributed by atoms with Crippen molar-refractivity contribution in [1.82, 2.24) is 0 Å². The standard InChI is InChI=1S/C16H15ClN2O5S/c1-3-9-18(15-10-12(17)7-8-16(15)24-2)25(22,23)14-6-4-5-13(11-14)19(20)21/h3-8,10-11H,1,9H2,2H3. The highest BCUT2D eigenvalue weighted by molar-refractivity contribution is 7.92. The predicted octanol–water partition coefficient (Wildman–Crippen LogP) is 3.64. The average molecular weight is 383 g/mol. The summed E-state index contributed by atoms with van der Waals surface area (Å²) in [5.74, 6) is 0.292. The lowest BCUT2D eigenvalue weighted by Crippen LogP contribution is -2.31. The molecule has 0 atom stereocenters. The van der Waals surface area contributed by atoms with Crippen LogP contribution in [-0.2, 0) is 10.0 Å². The van der Waals surface area contributed by atoms with E-state index in [4.69, 9.17) is 16.3 Å². The minimum Gasteiger partial charge on any atom is -0.495 e. The molecule has 132 valence electrons. The minimum atomic E-state index is -4.10. The molecule has 25 heavy (non-hydrogen) atoms. The lowest BCUT2D eigenvalue weighted by Gasteiger charge is -2.25. The Morgan fingerprint density at radius 3 is 2.64 bits per heavy atom. The van der Waals surface area contributed by atoms with E-state index in [9.17, 15) is 18.5 Å². The Morgan fingerprint density at radius 2 is 2.04 bits per heavy atom. The lowest BCUT2D eigenvalue weighted by molar-refractivity contribution is -0.385. The van der Waals surface area contributed by atoms with Gasteiger partial charge < -0.3 is 4.74 Å². The topological polar surface area (TPSA) is 89.8 Å². The van der Waals surface area contributed by atoms with Crippen molar-refractivity contribution in [2.24, 2.45) is 0 Å². The Hall–Kier alpha value is -2.58. The van der Waals surface area contributed by atoms with Crippen LogP contribution in [0.25, 0.3) is 0 Å². The van der Waals surface area contributed by atoms with Gasteiger partial charge in [-0.3, -0.25) is 14.4 Å². The van der Waals surface area contributed by atoms with E-state index in [1.54, 1.807) is 6.07 Å². The van der Waals surface area contributed by atoms with Crippen LogP contribution in [0.4, 0.5) is 11.4 Å².